The molecule has 0 amide bonds. The summed E-state index contributed by atoms with van der Waals surface area (Å²) in [5, 5.41) is 6.55. The largest absolute Gasteiger partial charge is 0.370 e. The summed E-state index contributed by atoms with van der Waals surface area (Å²) in [6, 6.07) is 0.543. The van der Waals surface area contributed by atoms with E-state index in [1.54, 1.807) is 11.3 Å². The SMILES string of the molecule is C[C@@H](OC[C@H]1CCCCN1)c1nccs1. The Bertz CT molecular complexity index is 270. The van der Waals surface area contributed by atoms with Gasteiger partial charge in [-0.25, -0.2) is 4.98 Å². The third kappa shape index (κ3) is 3.26. The first kappa shape index (κ1) is 11.0. The highest BCUT2D eigenvalue weighted by Crippen LogP contribution is 2.19. The Hall–Kier alpha value is -0.450. The van der Waals surface area contributed by atoms with Gasteiger partial charge in [0.1, 0.15) is 11.1 Å². The van der Waals surface area contributed by atoms with E-state index in [0.717, 1.165) is 18.2 Å². The highest BCUT2D eigenvalue weighted by molar-refractivity contribution is 7.09. The van der Waals surface area contributed by atoms with Crippen molar-refractivity contribution in [2.24, 2.45) is 0 Å². The molecule has 0 aromatic carbocycles. The highest BCUT2D eigenvalue weighted by atomic mass is 32.1. The van der Waals surface area contributed by atoms with Gasteiger partial charge in [0, 0.05) is 17.6 Å². The topological polar surface area (TPSA) is 34.1 Å². The van der Waals surface area contributed by atoms with Crippen molar-refractivity contribution >= 4 is 11.3 Å². The summed E-state index contributed by atoms with van der Waals surface area (Å²) >= 11 is 1.66. The predicted octanol–water partition coefficient (Wildman–Crippen LogP) is 2.36. The van der Waals surface area contributed by atoms with E-state index in [1.165, 1.54) is 19.3 Å². The second-order valence-corrected chi connectivity index (χ2v) is 4.92. The third-order valence-electron chi connectivity index (χ3n) is 2.76. The number of hydrogen-bond donors (Lipinski definition) is 1. The third-order valence-corrected chi connectivity index (χ3v) is 3.70. The van der Waals surface area contributed by atoms with Crippen molar-refractivity contribution in [2.75, 3.05) is 13.2 Å². The fourth-order valence-electron chi connectivity index (χ4n) is 1.83. The van der Waals surface area contributed by atoms with Gasteiger partial charge in [0.15, 0.2) is 0 Å². The lowest BCUT2D eigenvalue weighted by Gasteiger charge is -2.24. The minimum atomic E-state index is 0.133. The zero-order valence-electron chi connectivity index (χ0n) is 9.11. The molecule has 0 spiro atoms. The molecule has 4 heteroatoms. The van der Waals surface area contributed by atoms with Crippen LogP contribution in [0.3, 0.4) is 0 Å². The van der Waals surface area contributed by atoms with Crippen LogP contribution in [0.25, 0.3) is 0 Å². The van der Waals surface area contributed by atoms with Crippen LogP contribution in [0.2, 0.25) is 0 Å². The summed E-state index contributed by atoms with van der Waals surface area (Å²) in [6.07, 6.45) is 5.84. The zero-order chi connectivity index (χ0) is 10.5. The van der Waals surface area contributed by atoms with Gasteiger partial charge in [0.25, 0.3) is 0 Å². The Labute approximate surface area is 94.9 Å². The maximum atomic E-state index is 5.81. The molecular formula is C11H18N2OS. The number of piperidine rings is 1. The fraction of sp³-hybridized carbons (Fsp3) is 0.727. The van der Waals surface area contributed by atoms with Gasteiger partial charge in [0.05, 0.1) is 6.61 Å². The molecule has 1 aliphatic heterocycles. The van der Waals surface area contributed by atoms with Crippen molar-refractivity contribution in [3.8, 4) is 0 Å². The molecule has 2 heterocycles. The average molecular weight is 226 g/mol. The van der Waals surface area contributed by atoms with E-state index in [-0.39, 0.29) is 6.10 Å². The van der Waals surface area contributed by atoms with E-state index < -0.39 is 0 Å². The smallest absolute Gasteiger partial charge is 0.121 e. The lowest BCUT2D eigenvalue weighted by atomic mass is 10.1. The summed E-state index contributed by atoms with van der Waals surface area (Å²) in [6.45, 7) is 4.02. The second-order valence-electron chi connectivity index (χ2n) is 3.99. The first-order chi connectivity index (χ1) is 7.36. The number of nitrogens with zero attached hydrogens (tertiary/aromatic N) is 1. The van der Waals surface area contributed by atoms with Crippen LogP contribution in [0.15, 0.2) is 11.6 Å². The van der Waals surface area contributed by atoms with Crippen LogP contribution in [0, 0.1) is 0 Å². The molecule has 1 N–H and O–H groups in total. The molecule has 0 radical (unpaired) electrons. The number of thiazole rings is 1. The van der Waals surface area contributed by atoms with Gasteiger partial charge in [-0.3, -0.25) is 0 Å². The van der Waals surface area contributed by atoms with Crippen LogP contribution in [-0.2, 0) is 4.74 Å². The Kier molecular flexibility index (Phi) is 4.11. The Morgan fingerprint density at radius 1 is 1.67 bits per heavy atom. The number of aromatic nitrogens is 1. The molecule has 1 aliphatic rings. The van der Waals surface area contributed by atoms with Crippen LogP contribution in [0.4, 0.5) is 0 Å². The Morgan fingerprint density at radius 2 is 2.60 bits per heavy atom. The highest BCUT2D eigenvalue weighted by Gasteiger charge is 2.15. The van der Waals surface area contributed by atoms with Crippen molar-refractivity contribution in [3.63, 3.8) is 0 Å². The van der Waals surface area contributed by atoms with Gasteiger partial charge < -0.3 is 10.1 Å². The van der Waals surface area contributed by atoms with E-state index in [1.807, 2.05) is 11.6 Å². The van der Waals surface area contributed by atoms with E-state index in [4.69, 9.17) is 4.74 Å². The molecule has 0 aliphatic carbocycles. The van der Waals surface area contributed by atoms with Gasteiger partial charge in [-0.05, 0) is 26.3 Å². The summed E-state index contributed by atoms with van der Waals surface area (Å²) in [4.78, 5) is 4.25. The molecule has 0 saturated carbocycles. The summed E-state index contributed by atoms with van der Waals surface area (Å²) in [5.74, 6) is 0. The van der Waals surface area contributed by atoms with Gasteiger partial charge >= 0.3 is 0 Å². The van der Waals surface area contributed by atoms with Crippen LogP contribution in [0.1, 0.15) is 37.3 Å². The summed E-state index contributed by atoms with van der Waals surface area (Å²) in [5.41, 5.74) is 0. The van der Waals surface area contributed by atoms with Crippen molar-refractivity contribution in [1.29, 1.82) is 0 Å². The molecule has 1 fully saturated rings. The molecule has 84 valence electrons. The molecule has 0 unspecified atom stereocenters. The van der Waals surface area contributed by atoms with E-state index >= 15 is 0 Å². The molecular weight excluding hydrogens is 208 g/mol. The van der Waals surface area contributed by atoms with Gasteiger partial charge in [-0.1, -0.05) is 6.42 Å². The van der Waals surface area contributed by atoms with Crippen LogP contribution >= 0.6 is 11.3 Å². The van der Waals surface area contributed by atoms with Crippen LogP contribution in [0.5, 0.6) is 0 Å². The molecule has 2 atom stereocenters. The molecule has 2 rings (SSSR count). The van der Waals surface area contributed by atoms with Crippen molar-refractivity contribution in [2.45, 2.75) is 38.3 Å². The van der Waals surface area contributed by atoms with Gasteiger partial charge in [-0.2, -0.15) is 0 Å². The Morgan fingerprint density at radius 3 is 3.27 bits per heavy atom. The second kappa shape index (κ2) is 5.58. The summed E-state index contributed by atoms with van der Waals surface area (Å²) < 4.78 is 5.81. The lowest BCUT2D eigenvalue weighted by molar-refractivity contribution is 0.0439. The van der Waals surface area contributed by atoms with Crippen LogP contribution in [-0.4, -0.2) is 24.2 Å². The number of hydrogen-bond acceptors (Lipinski definition) is 4. The Balaban J connectivity index is 1.73. The normalized spacial score (nSPS) is 23.9. The number of ether oxygens (including phenoxy) is 1. The lowest BCUT2D eigenvalue weighted by Crippen LogP contribution is -2.37. The average Bonchev–Trinajstić information content (AvgIpc) is 2.81. The monoisotopic (exact) mass is 226 g/mol. The summed E-state index contributed by atoms with van der Waals surface area (Å²) in [7, 11) is 0. The fourth-order valence-corrected chi connectivity index (χ4v) is 2.48. The van der Waals surface area contributed by atoms with Gasteiger partial charge in [-0.15, -0.1) is 11.3 Å². The van der Waals surface area contributed by atoms with Crippen LogP contribution < -0.4 is 5.32 Å². The minimum Gasteiger partial charge on any atom is -0.370 e. The van der Waals surface area contributed by atoms with Crippen molar-refractivity contribution in [3.05, 3.63) is 16.6 Å². The minimum absolute atomic E-state index is 0.133. The molecule has 1 saturated heterocycles. The number of rotatable bonds is 4. The first-order valence-corrected chi connectivity index (χ1v) is 6.48. The zero-order valence-corrected chi connectivity index (χ0v) is 9.93. The van der Waals surface area contributed by atoms with Gasteiger partial charge in [0.2, 0.25) is 0 Å². The molecule has 1 aromatic rings. The predicted molar refractivity (Wildman–Crippen MR) is 62.1 cm³/mol. The standard InChI is InChI=1S/C11H18N2OS/c1-9(11-13-6-7-15-11)14-8-10-4-2-3-5-12-10/h6-7,9-10,12H,2-5,8H2,1H3/t9-,10-/m1/s1. The first-order valence-electron chi connectivity index (χ1n) is 5.60. The molecule has 0 bridgehead atoms. The van der Waals surface area contributed by atoms with E-state index in [9.17, 15) is 0 Å². The van der Waals surface area contributed by atoms with E-state index in [2.05, 4.69) is 17.2 Å². The maximum Gasteiger partial charge on any atom is 0.121 e. The molecule has 1 aromatic heterocycles. The van der Waals surface area contributed by atoms with Crippen molar-refractivity contribution < 1.29 is 4.74 Å². The maximum absolute atomic E-state index is 5.81. The molecule has 15 heavy (non-hydrogen) atoms. The van der Waals surface area contributed by atoms with Crippen molar-refractivity contribution in [1.82, 2.24) is 10.3 Å². The number of nitrogens with one attached hydrogen (secondary N) is 1. The quantitative estimate of drug-likeness (QED) is 0.856. The molecule has 3 nitrogen and oxygen atoms in total. The van der Waals surface area contributed by atoms with E-state index in [0.29, 0.717) is 6.04 Å².